The van der Waals surface area contributed by atoms with Crippen molar-refractivity contribution in [3.63, 3.8) is 0 Å². The Labute approximate surface area is 48.8 Å². The summed E-state index contributed by atoms with van der Waals surface area (Å²) in [4.78, 5) is 8.12. The summed E-state index contributed by atoms with van der Waals surface area (Å²) in [7, 11) is -0.658. The minimum absolute atomic E-state index is 0.419. The zero-order valence-corrected chi connectivity index (χ0v) is 5.52. The molecule has 0 bridgehead atoms. The van der Waals surface area contributed by atoms with Gasteiger partial charge in [-0.3, -0.25) is 0 Å². The minimum Gasteiger partial charge on any atom is -0.383 e. The van der Waals surface area contributed by atoms with Gasteiger partial charge in [-0.2, -0.15) is 0 Å². The molecule has 0 fully saturated rings. The molecule has 5 heteroatoms. The van der Waals surface area contributed by atoms with Crippen LogP contribution >= 0.6 is 8.18 Å². The second-order valence-corrected chi connectivity index (χ2v) is 2.04. The average molecular weight is 138 g/mol. The fourth-order valence-corrected chi connectivity index (χ4v) is 0.526. The molecule has 0 aliphatic rings. The van der Waals surface area contributed by atoms with Crippen LogP contribution in [-0.2, 0) is 9.30 Å². The average Bonchev–Trinajstić information content (AvgIpc) is 1.66. The summed E-state index contributed by atoms with van der Waals surface area (Å²) in [6.07, 6.45) is 0. The molecule has 0 rings (SSSR count). The molecule has 0 aliphatic heterocycles. The van der Waals surface area contributed by atoms with Gasteiger partial charge in [0.25, 0.3) is 8.18 Å². The van der Waals surface area contributed by atoms with Gasteiger partial charge in [0.05, 0.1) is 6.61 Å². The van der Waals surface area contributed by atoms with Gasteiger partial charge in [0.15, 0.2) is 0 Å². The van der Waals surface area contributed by atoms with Crippen LogP contribution in [0.4, 0.5) is 0 Å². The highest BCUT2D eigenvalue weighted by molar-refractivity contribution is 7.35. The number of hydrogen-bond donors (Lipinski definition) is 2. The zero-order valence-electron chi connectivity index (χ0n) is 4.63. The molecule has 0 amide bonds. The first kappa shape index (κ1) is 7.98. The van der Waals surface area contributed by atoms with Gasteiger partial charge in [-0.05, 0) is 0 Å². The maximum atomic E-state index is 9.86. The summed E-state index contributed by atoms with van der Waals surface area (Å²) in [6, 6.07) is 0. The number of rotatable bonds is 4. The predicted octanol–water partition coefficient (Wildman–Crippen LogP) is -0.128. The Hall–Kier alpha value is -0.0200. The highest BCUT2D eigenvalue weighted by atomic mass is 31.1. The molecule has 0 aromatic heterocycles. The van der Waals surface area contributed by atoms with Crippen LogP contribution in [0.2, 0.25) is 0 Å². The van der Waals surface area contributed by atoms with Crippen LogP contribution in [0, 0.1) is 0 Å². The quantitative estimate of drug-likeness (QED) is 0.419. The van der Waals surface area contributed by atoms with Crippen LogP contribution in [0.3, 0.4) is 0 Å². The number of methoxy groups -OCH3 is 1. The summed E-state index contributed by atoms with van der Waals surface area (Å²) < 4.78 is 14.4. The zero-order chi connectivity index (χ0) is 6.41. The van der Waals surface area contributed by atoms with Crippen molar-refractivity contribution < 1.29 is 14.2 Å². The summed E-state index contributed by atoms with van der Waals surface area (Å²) >= 11 is 0. The lowest BCUT2D eigenvalue weighted by Gasteiger charge is -1.94. The van der Waals surface area contributed by atoms with Gasteiger partial charge in [0, 0.05) is 13.7 Å². The van der Waals surface area contributed by atoms with Gasteiger partial charge in [0.2, 0.25) is 0 Å². The van der Waals surface area contributed by atoms with E-state index in [0.29, 0.717) is 13.2 Å². The molecule has 0 spiro atoms. The number of ether oxygens (including phenoxy) is 1. The molecular formula is C3H9NO3P. The second-order valence-electron chi connectivity index (χ2n) is 1.17. The first-order valence-electron chi connectivity index (χ1n) is 2.16. The van der Waals surface area contributed by atoms with Gasteiger partial charge in [0.1, 0.15) is 0 Å². The minimum atomic E-state index is -2.19. The van der Waals surface area contributed by atoms with Gasteiger partial charge in [-0.25, -0.2) is 9.65 Å². The predicted molar refractivity (Wildman–Crippen MR) is 29.7 cm³/mol. The van der Waals surface area contributed by atoms with E-state index in [-0.39, 0.29) is 0 Å². The van der Waals surface area contributed by atoms with Gasteiger partial charge >= 0.3 is 0 Å². The third-order valence-corrected chi connectivity index (χ3v) is 1.05. The maximum Gasteiger partial charge on any atom is 0.292 e. The van der Waals surface area contributed by atoms with E-state index in [9.17, 15) is 4.57 Å². The normalized spacial score (nSPS) is 11.5. The highest BCUT2D eigenvalue weighted by Crippen LogP contribution is 2.01. The van der Waals surface area contributed by atoms with E-state index < -0.39 is 8.18 Å². The molecule has 49 valence electrons. The standard InChI is InChI=1S/C3H9NO3P/c1-7-3-2-4-8(5)6/h2-3H2,1H3,(H2,4,5,6). The van der Waals surface area contributed by atoms with E-state index >= 15 is 0 Å². The summed E-state index contributed by atoms with van der Waals surface area (Å²) in [5.74, 6) is 0. The SMILES string of the molecule is COCCN[P](=O)O. The molecule has 0 saturated heterocycles. The maximum absolute atomic E-state index is 9.86. The molecular weight excluding hydrogens is 129 g/mol. The van der Waals surface area contributed by atoms with E-state index in [1.54, 1.807) is 0 Å². The molecule has 1 atom stereocenters. The first-order valence-corrected chi connectivity index (χ1v) is 3.37. The van der Waals surface area contributed by atoms with Crippen LogP contribution in [0.25, 0.3) is 0 Å². The number of hydrogen-bond acceptors (Lipinski definition) is 2. The van der Waals surface area contributed by atoms with Crippen molar-refractivity contribution in [2.45, 2.75) is 0 Å². The van der Waals surface area contributed by atoms with Gasteiger partial charge in [-0.15, -0.1) is 0 Å². The van der Waals surface area contributed by atoms with Crippen molar-refractivity contribution in [3.8, 4) is 0 Å². The lowest BCUT2D eigenvalue weighted by Crippen LogP contribution is -2.10. The van der Waals surface area contributed by atoms with Crippen LogP contribution < -0.4 is 5.09 Å². The van der Waals surface area contributed by atoms with Crippen LogP contribution in [-0.4, -0.2) is 25.2 Å². The molecule has 0 saturated carbocycles. The fourth-order valence-electron chi connectivity index (χ4n) is 0.243. The van der Waals surface area contributed by atoms with Crippen molar-refractivity contribution in [1.29, 1.82) is 0 Å². The fraction of sp³-hybridized carbons (Fsp3) is 1.00. The smallest absolute Gasteiger partial charge is 0.292 e. The lowest BCUT2D eigenvalue weighted by molar-refractivity contribution is 0.204. The molecule has 1 radical (unpaired) electrons. The van der Waals surface area contributed by atoms with E-state index in [1.807, 2.05) is 0 Å². The van der Waals surface area contributed by atoms with E-state index in [0.717, 1.165) is 0 Å². The Morgan fingerprint density at radius 1 is 1.88 bits per heavy atom. The van der Waals surface area contributed by atoms with Crippen LogP contribution in [0.15, 0.2) is 0 Å². The van der Waals surface area contributed by atoms with Crippen molar-refractivity contribution in [3.05, 3.63) is 0 Å². The summed E-state index contributed by atoms with van der Waals surface area (Å²) in [5, 5.41) is 2.29. The monoisotopic (exact) mass is 138 g/mol. The largest absolute Gasteiger partial charge is 0.383 e. The van der Waals surface area contributed by atoms with E-state index in [2.05, 4.69) is 9.82 Å². The van der Waals surface area contributed by atoms with Crippen LogP contribution in [0.1, 0.15) is 0 Å². The second kappa shape index (κ2) is 5.12. The summed E-state index contributed by atoms with van der Waals surface area (Å²) in [5.41, 5.74) is 0. The topological polar surface area (TPSA) is 58.6 Å². The molecule has 0 aromatic carbocycles. The third-order valence-electron chi connectivity index (χ3n) is 0.553. The van der Waals surface area contributed by atoms with E-state index in [1.165, 1.54) is 7.11 Å². The third kappa shape index (κ3) is 5.98. The van der Waals surface area contributed by atoms with Crippen molar-refractivity contribution in [1.82, 2.24) is 5.09 Å². The van der Waals surface area contributed by atoms with Crippen molar-refractivity contribution in [2.75, 3.05) is 20.3 Å². The van der Waals surface area contributed by atoms with E-state index in [4.69, 9.17) is 4.89 Å². The Bertz CT molecular complexity index is 76.9. The Balaban J connectivity index is 2.82. The van der Waals surface area contributed by atoms with Crippen molar-refractivity contribution >= 4 is 8.18 Å². The summed E-state index contributed by atoms with van der Waals surface area (Å²) in [6.45, 7) is 0.879. The first-order chi connectivity index (χ1) is 3.77. The molecule has 0 aliphatic carbocycles. The van der Waals surface area contributed by atoms with Gasteiger partial charge in [-0.1, -0.05) is 0 Å². The van der Waals surface area contributed by atoms with Crippen LogP contribution in [0.5, 0.6) is 0 Å². The highest BCUT2D eigenvalue weighted by Gasteiger charge is 1.88. The molecule has 0 heterocycles. The molecule has 8 heavy (non-hydrogen) atoms. The molecule has 4 nitrogen and oxygen atoms in total. The molecule has 0 aromatic rings. The lowest BCUT2D eigenvalue weighted by atomic mass is 10.7. The van der Waals surface area contributed by atoms with Gasteiger partial charge < -0.3 is 9.63 Å². The Morgan fingerprint density at radius 3 is 2.88 bits per heavy atom. The van der Waals surface area contributed by atoms with Crippen molar-refractivity contribution in [2.24, 2.45) is 0 Å². The molecule has 1 unspecified atom stereocenters. The Kier molecular flexibility index (Phi) is 5.11. The number of nitrogens with one attached hydrogen (secondary N) is 1. The Morgan fingerprint density at radius 2 is 2.50 bits per heavy atom. The molecule has 2 N–H and O–H groups in total.